The number of carbonyl (C=O) groups excluding carboxylic acids is 1. The minimum atomic E-state index is -0.232. The second kappa shape index (κ2) is 5.37. The van der Waals surface area contributed by atoms with Crippen molar-refractivity contribution in [2.24, 2.45) is 0 Å². The van der Waals surface area contributed by atoms with Gasteiger partial charge in [0.25, 0.3) is 5.91 Å². The molecule has 17 heavy (non-hydrogen) atoms. The zero-order chi connectivity index (χ0) is 12.4. The number of nitrogens with one attached hydrogen (secondary N) is 1. The summed E-state index contributed by atoms with van der Waals surface area (Å²) in [4.78, 5) is 11.9. The third-order valence-corrected chi connectivity index (χ3v) is 3.84. The molecular formula is C11H6Br3NO2. The van der Waals surface area contributed by atoms with E-state index in [1.807, 2.05) is 18.2 Å². The fourth-order valence-electron chi connectivity index (χ4n) is 1.24. The Morgan fingerprint density at radius 3 is 2.59 bits per heavy atom. The smallest absolute Gasteiger partial charge is 0.260 e. The van der Waals surface area contributed by atoms with Gasteiger partial charge in [0.1, 0.15) is 0 Å². The predicted octanol–water partition coefficient (Wildman–Crippen LogP) is 4.82. The summed E-state index contributed by atoms with van der Waals surface area (Å²) < 4.78 is 7.13. The van der Waals surface area contributed by atoms with Crippen molar-refractivity contribution in [2.45, 2.75) is 0 Å². The number of rotatable bonds is 2. The lowest BCUT2D eigenvalue weighted by molar-refractivity contribution is 0.102. The number of hydrogen-bond acceptors (Lipinski definition) is 2. The van der Waals surface area contributed by atoms with Crippen LogP contribution in [0.15, 0.2) is 48.6 Å². The number of halogens is 3. The van der Waals surface area contributed by atoms with Crippen molar-refractivity contribution in [2.75, 3.05) is 5.32 Å². The number of amides is 1. The minimum Gasteiger partial charge on any atom is -0.457 e. The van der Waals surface area contributed by atoms with E-state index in [4.69, 9.17) is 4.42 Å². The van der Waals surface area contributed by atoms with Gasteiger partial charge in [0.15, 0.2) is 4.67 Å². The largest absolute Gasteiger partial charge is 0.457 e. The first-order chi connectivity index (χ1) is 8.08. The van der Waals surface area contributed by atoms with Crippen molar-refractivity contribution in [1.29, 1.82) is 0 Å². The molecule has 1 N–H and O–H groups in total. The summed E-state index contributed by atoms with van der Waals surface area (Å²) in [5.41, 5.74) is 1.15. The number of carbonyl (C=O) groups is 1. The average Bonchev–Trinajstić information content (AvgIpc) is 2.70. The fraction of sp³-hybridized carbons (Fsp3) is 0. The first-order valence-corrected chi connectivity index (χ1v) is 6.95. The molecule has 0 unspecified atom stereocenters. The zero-order valence-electron chi connectivity index (χ0n) is 8.34. The van der Waals surface area contributed by atoms with Crippen molar-refractivity contribution in [3.63, 3.8) is 0 Å². The molecule has 3 nitrogen and oxygen atoms in total. The Morgan fingerprint density at radius 2 is 1.94 bits per heavy atom. The van der Waals surface area contributed by atoms with Crippen molar-refractivity contribution in [1.82, 2.24) is 0 Å². The molecule has 6 heteroatoms. The maximum Gasteiger partial charge on any atom is 0.260 e. The highest BCUT2D eigenvalue weighted by Gasteiger charge is 2.13. The summed E-state index contributed by atoms with van der Waals surface area (Å²) in [5.74, 6) is -0.232. The van der Waals surface area contributed by atoms with Gasteiger partial charge in [-0.25, -0.2) is 0 Å². The van der Waals surface area contributed by atoms with Crippen molar-refractivity contribution in [3.8, 4) is 0 Å². The van der Waals surface area contributed by atoms with Gasteiger partial charge in [0.05, 0.1) is 17.5 Å². The van der Waals surface area contributed by atoms with Gasteiger partial charge in [0.2, 0.25) is 0 Å². The molecule has 0 aliphatic carbocycles. The molecule has 1 aromatic carbocycles. The van der Waals surface area contributed by atoms with Crippen molar-refractivity contribution >= 4 is 59.4 Å². The van der Waals surface area contributed by atoms with Crippen LogP contribution in [-0.4, -0.2) is 5.91 Å². The maximum atomic E-state index is 11.9. The Hall–Kier alpha value is -0.590. The topological polar surface area (TPSA) is 42.2 Å². The number of anilines is 1. The van der Waals surface area contributed by atoms with E-state index >= 15 is 0 Å². The fourth-order valence-corrected chi connectivity index (χ4v) is 2.37. The van der Waals surface area contributed by atoms with Gasteiger partial charge in [-0.1, -0.05) is 15.9 Å². The molecule has 2 aromatic rings. The highest BCUT2D eigenvalue weighted by atomic mass is 79.9. The molecule has 1 amide bonds. The van der Waals surface area contributed by atoms with Crippen molar-refractivity contribution in [3.05, 3.63) is 49.7 Å². The first kappa shape index (κ1) is 12.9. The second-order valence-electron chi connectivity index (χ2n) is 3.19. The Morgan fingerprint density at radius 1 is 1.18 bits per heavy atom. The van der Waals surface area contributed by atoms with E-state index in [1.165, 1.54) is 6.26 Å². The molecule has 0 fully saturated rings. The molecule has 0 radical (unpaired) electrons. The Bertz CT molecular complexity index is 566. The predicted molar refractivity (Wildman–Crippen MR) is 76.2 cm³/mol. The first-order valence-electron chi connectivity index (χ1n) is 4.57. The van der Waals surface area contributed by atoms with Gasteiger partial charge in [-0.2, -0.15) is 0 Å². The van der Waals surface area contributed by atoms with E-state index in [2.05, 4.69) is 53.1 Å². The quantitative estimate of drug-likeness (QED) is 0.752. The molecule has 2 rings (SSSR count). The van der Waals surface area contributed by atoms with Gasteiger partial charge in [-0.15, -0.1) is 0 Å². The number of hydrogen-bond donors (Lipinski definition) is 1. The van der Waals surface area contributed by atoms with Gasteiger partial charge in [-0.3, -0.25) is 4.79 Å². The molecule has 0 atom stereocenters. The average molecular weight is 424 g/mol. The molecule has 88 valence electrons. The summed E-state index contributed by atoms with van der Waals surface area (Å²) in [7, 11) is 0. The zero-order valence-corrected chi connectivity index (χ0v) is 13.1. The maximum absolute atomic E-state index is 11.9. The van der Waals surface area contributed by atoms with Gasteiger partial charge in [-0.05, 0) is 56.1 Å². The minimum absolute atomic E-state index is 0.232. The van der Waals surface area contributed by atoms with Crippen LogP contribution in [-0.2, 0) is 0 Å². The standard InChI is InChI=1S/C11H6Br3NO2/c12-6-1-2-8(13)9(5-6)15-11(16)7-3-4-17-10(7)14/h1-5H,(H,15,16). The van der Waals surface area contributed by atoms with E-state index in [0.29, 0.717) is 15.9 Å². The summed E-state index contributed by atoms with van der Waals surface area (Å²) in [6.07, 6.45) is 1.45. The van der Waals surface area contributed by atoms with Crippen LogP contribution < -0.4 is 5.32 Å². The third kappa shape index (κ3) is 3.00. The highest BCUT2D eigenvalue weighted by Crippen LogP contribution is 2.27. The Kier molecular flexibility index (Phi) is 4.06. The summed E-state index contributed by atoms with van der Waals surface area (Å²) in [6.45, 7) is 0. The van der Waals surface area contributed by atoms with Crippen LogP contribution in [0.3, 0.4) is 0 Å². The monoisotopic (exact) mass is 421 g/mol. The summed E-state index contributed by atoms with van der Waals surface area (Å²) in [5, 5.41) is 2.79. The van der Waals surface area contributed by atoms with Crippen LogP contribution in [0.25, 0.3) is 0 Å². The second-order valence-corrected chi connectivity index (χ2v) is 5.68. The van der Waals surface area contributed by atoms with Gasteiger partial charge >= 0.3 is 0 Å². The van der Waals surface area contributed by atoms with E-state index in [0.717, 1.165) is 8.95 Å². The van der Waals surface area contributed by atoms with Crippen LogP contribution in [0.2, 0.25) is 0 Å². The molecule has 0 aliphatic heterocycles. The third-order valence-electron chi connectivity index (χ3n) is 2.04. The van der Waals surface area contributed by atoms with Crippen LogP contribution in [0.1, 0.15) is 10.4 Å². The molecule has 0 bridgehead atoms. The molecule has 0 saturated heterocycles. The Balaban J connectivity index is 2.24. The molecular weight excluding hydrogens is 418 g/mol. The lowest BCUT2D eigenvalue weighted by Gasteiger charge is -2.06. The van der Waals surface area contributed by atoms with Crippen LogP contribution in [0, 0.1) is 0 Å². The van der Waals surface area contributed by atoms with Crippen LogP contribution in [0.5, 0.6) is 0 Å². The lowest BCUT2D eigenvalue weighted by atomic mass is 10.3. The van der Waals surface area contributed by atoms with E-state index in [9.17, 15) is 4.79 Å². The van der Waals surface area contributed by atoms with Crippen LogP contribution >= 0.6 is 47.8 Å². The summed E-state index contributed by atoms with van der Waals surface area (Å²) >= 11 is 9.88. The molecule has 1 aromatic heterocycles. The lowest BCUT2D eigenvalue weighted by Crippen LogP contribution is -2.11. The number of furan rings is 1. The normalized spacial score (nSPS) is 10.3. The number of benzene rings is 1. The Labute approximate surface area is 123 Å². The molecule has 0 saturated carbocycles. The van der Waals surface area contributed by atoms with Crippen LogP contribution in [0.4, 0.5) is 5.69 Å². The van der Waals surface area contributed by atoms with Crippen molar-refractivity contribution < 1.29 is 9.21 Å². The van der Waals surface area contributed by atoms with E-state index in [-0.39, 0.29) is 5.91 Å². The molecule has 0 aliphatic rings. The highest BCUT2D eigenvalue weighted by molar-refractivity contribution is 9.11. The SMILES string of the molecule is O=C(Nc1cc(Br)ccc1Br)c1ccoc1Br. The van der Waals surface area contributed by atoms with E-state index < -0.39 is 0 Å². The van der Waals surface area contributed by atoms with Gasteiger partial charge < -0.3 is 9.73 Å². The molecule has 0 spiro atoms. The molecule has 1 heterocycles. The summed E-state index contributed by atoms with van der Waals surface area (Å²) in [6, 6.07) is 7.15. The van der Waals surface area contributed by atoms with E-state index in [1.54, 1.807) is 6.07 Å². The van der Waals surface area contributed by atoms with Gasteiger partial charge in [0, 0.05) is 8.95 Å².